The lowest BCUT2D eigenvalue weighted by Crippen LogP contribution is -2.32. The van der Waals surface area contributed by atoms with Crippen LogP contribution in [0.3, 0.4) is 0 Å². The number of benzene rings is 1. The van der Waals surface area contributed by atoms with Gasteiger partial charge >= 0.3 is 0 Å². The summed E-state index contributed by atoms with van der Waals surface area (Å²) in [6.07, 6.45) is 8.65. The van der Waals surface area contributed by atoms with Gasteiger partial charge in [0.05, 0.1) is 11.9 Å². The molecule has 0 atom stereocenters. The van der Waals surface area contributed by atoms with Crippen molar-refractivity contribution in [2.24, 2.45) is 0 Å². The molecule has 0 bridgehead atoms. The zero-order valence-corrected chi connectivity index (χ0v) is 16.1. The maximum absolute atomic E-state index is 12.0. The number of carbonyl (C=O) groups is 1. The summed E-state index contributed by atoms with van der Waals surface area (Å²) in [7, 11) is -3.43. The molecule has 7 heteroatoms. The lowest BCUT2D eigenvalue weighted by atomic mass is 10.00. The lowest BCUT2D eigenvalue weighted by Gasteiger charge is -2.22. The van der Waals surface area contributed by atoms with Crippen LogP contribution in [0.4, 0.5) is 5.69 Å². The maximum atomic E-state index is 12.0. The van der Waals surface area contributed by atoms with Crippen LogP contribution >= 0.6 is 11.6 Å². The van der Waals surface area contributed by atoms with Crippen molar-refractivity contribution in [2.45, 2.75) is 38.5 Å². The Labute approximate surface area is 155 Å². The minimum absolute atomic E-state index is 0.0500. The molecule has 0 spiro atoms. The van der Waals surface area contributed by atoms with Gasteiger partial charge in [-0.25, -0.2) is 8.42 Å². The first kappa shape index (κ1) is 19.8. The quantitative estimate of drug-likeness (QED) is 0.697. The summed E-state index contributed by atoms with van der Waals surface area (Å²) in [5.74, 6) is -0.0500. The molecule has 138 valence electrons. The van der Waals surface area contributed by atoms with Gasteiger partial charge in [-0.1, -0.05) is 29.3 Å². The van der Waals surface area contributed by atoms with Crippen molar-refractivity contribution in [1.82, 2.24) is 5.32 Å². The van der Waals surface area contributed by atoms with Crippen LogP contribution in [0.15, 0.2) is 35.9 Å². The predicted octanol–water partition coefficient (Wildman–Crippen LogP) is 3.50. The molecule has 0 heterocycles. The number of amides is 1. The lowest BCUT2D eigenvalue weighted by molar-refractivity contribution is -0.120. The van der Waals surface area contributed by atoms with Gasteiger partial charge in [-0.05, 0) is 50.3 Å². The normalized spacial score (nSPS) is 14.7. The fraction of sp³-hybridized carbons (Fsp3) is 0.500. The Morgan fingerprint density at radius 3 is 2.76 bits per heavy atom. The molecule has 0 aliphatic heterocycles. The van der Waals surface area contributed by atoms with E-state index in [0.29, 0.717) is 30.1 Å². The number of sulfonamides is 1. The average molecular weight is 385 g/mol. The van der Waals surface area contributed by atoms with Crippen LogP contribution in [0.2, 0.25) is 5.02 Å². The molecule has 5 nitrogen and oxygen atoms in total. The smallest absolute Gasteiger partial charge is 0.232 e. The Balaban J connectivity index is 1.84. The second-order valence-electron chi connectivity index (χ2n) is 6.30. The van der Waals surface area contributed by atoms with Crippen LogP contribution in [0.1, 0.15) is 38.5 Å². The van der Waals surface area contributed by atoms with Gasteiger partial charge in [0, 0.05) is 24.5 Å². The molecular weight excluding hydrogens is 360 g/mol. The molecule has 0 aromatic heterocycles. The molecule has 2 rings (SSSR count). The van der Waals surface area contributed by atoms with E-state index < -0.39 is 10.0 Å². The van der Waals surface area contributed by atoms with Crippen LogP contribution in [-0.4, -0.2) is 33.7 Å². The fourth-order valence-electron chi connectivity index (χ4n) is 2.87. The maximum Gasteiger partial charge on any atom is 0.232 e. The first-order valence-electron chi connectivity index (χ1n) is 8.54. The molecular formula is C18H25ClN2O3S. The molecule has 0 saturated carbocycles. The fourth-order valence-corrected chi connectivity index (χ4v) is 4.01. The number of carbonyl (C=O) groups excluding carboxylic acids is 1. The van der Waals surface area contributed by atoms with Crippen molar-refractivity contribution >= 4 is 33.2 Å². The molecule has 1 aromatic rings. The number of anilines is 1. The van der Waals surface area contributed by atoms with E-state index in [2.05, 4.69) is 11.4 Å². The second kappa shape index (κ2) is 9.25. The van der Waals surface area contributed by atoms with Crippen LogP contribution in [-0.2, 0) is 14.8 Å². The molecule has 0 radical (unpaired) electrons. The van der Waals surface area contributed by atoms with E-state index in [9.17, 15) is 13.2 Å². The van der Waals surface area contributed by atoms with Crippen molar-refractivity contribution < 1.29 is 13.2 Å². The van der Waals surface area contributed by atoms with E-state index in [4.69, 9.17) is 11.6 Å². The third-order valence-electron chi connectivity index (χ3n) is 4.16. The number of halogens is 1. The van der Waals surface area contributed by atoms with Crippen molar-refractivity contribution in [3.05, 3.63) is 40.9 Å². The molecule has 0 fully saturated rings. The second-order valence-corrected chi connectivity index (χ2v) is 8.65. The highest BCUT2D eigenvalue weighted by Gasteiger charge is 2.18. The molecule has 25 heavy (non-hydrogen) atoms. The van der Waals surface area contributed by atoms with E-state index in [1.165, 1.54) is 22.7 Å². The van der Waals surface area contributed by atoms with Gasteiger partial charge < -0.3 is 5.32 Å². The minimum atomic E-state index is -3.43. The van der Waals surface area contributed by atoms with Gasteiger partial charge in [0.15, 0.2) is 0 Å². The van der Waals surface area contributed by atoms with Gasteiger partial charge in [0.2, 0.25) is 15.9 Å². The molecule has 1 aliphatic rings. The molecule has 0 unspecified atom stereocenters. The Morgan fingerprint density at radius 2 is 2.12 bits per heavy atom. The Hall–Kier alpha value is -1.53. The number of hydrogen-bond donors (Lipinski definition) is 1. The Bertz CT molecular complexity index is 732. The number of rotatable bonds is 8. The average Bonchev–Trinajstić information content (AvgIpc) is 2.56. The van der Waals surface area contributed by atoms with Crippen LogP contribution in [0, 0.1) is 0 Å². The third-order valence-corrected chi connectivity index (χ3v) is 5.59. The number of nitrogens with one attached hydrogen (secondary N) is 1. The zero-order valence-electron chi connectivity index (χ0n) is 14.5. The van der Waals surface area contributed by atoms with E-state index in [-0.39, 0.29) is 12.5 Å². The van der Waals surface area contributed by atoms with Gasteiger partial charge in [-0.2, -0.15) is 0 Å². The van der Waals surface area contributed by atoms with E-state index in [0.717, 1.165) is 19.1 Å². The molecule has 1 N–H and O–H groups in total. The summed E-state index contributed by atoms with van der Waals surface area (Å²) >= 11 is 5.95. The molecule has 1 amide bonds. The van der Waals surface area contributed by atoms with Crippen molar-refractivity contribution in [1.29, 1.82) is 0 Å². The SMILES string of the molecule is CS(=O)(=O)N(CCCC(=O)NCC1=CCCCC1)c1cccc(Cl)c1. The minimum Gasteiger partial charge on any atom is -0.352 e. The zero-order chi connectivity index (χ0) is 18.3. The van der Waals surface area contributed by atoms with Crippen LogP contribution in [0.5, 0.6) is 0 Å². The number of allylic oxidation sites excluding steroid dienone is 1. The van der Waals surface area contributed by atoms with E-state index >= 15 is 0 Å². The van der Waals surface area contributed by atoms with Gasteiger partial charge in [-0.15, -0.1) is 0 Å². The summed E-state index contributed by atoms with van der Waals surface area (Å²) in [5.41, 5.74) is 1.80. The number of nitrogens with zero attached hydrogens (tertiary/aromatic N) is 1. The Morgan fingerprint density at radius 1 is 1.32 bits per heavy atom. The van der Waals surface area contributed by atoms with E-state index in [1.54, 1.807) is 24.3 Å². The van der Waals surface area contributed by atoms with Crippen molar-refractivity contribution in [3.63, 3.8) is 0 Å². The monoisotopic (exact) mass is 384 g/mol. The van der Waals surface area contributed by atoms with Crippen molar-refractivity contribution in [3.8, 4) is 0 Å². The van der Waals surface area contributed by atoms with Gasteiger partial charge in [0.25, 0.3) is 0 Å². The standard InChI is InChI=1S/C18H25ClN2O3S/c1-25(23,24)21(17-10-5-9-16(19)13-17)12-6-11-18(22)20-14-15-7-3-2-4-8-15/h5,7,9-10,13H,2-4,6,8,11-12,14H2,1H3,(H,20,22). The number of hydrogen-bond acceptors (Lipinski definition) is 3. The largest absolute Gasteiger partial charge is 0.352 e. The summed E-state index contributed by atoms with van der Waals surface area (Å²) in [6.45, 7) is 0.845. The third kappa shape index (κ3) is 6.71. The van der Waals surface area contributed by atoms with Crippen molar-refractivity contribution in [2.75, 3.05) is 23.7 Å². The summed E-state index contributed by atoms with van der Waals surface area (Å²) in [6, 6.07) is 6.71. The first-order chi connectivity index (χ1) is 11.9. The van der Waals surface area contributed by atoms with Crippen LogP contribution < -0.4 is 9.62 Å². The summed E-state index contributed by atoms with van der Waals surface area (Å²) in [5, 5.41) is 3.39. The first-order valence-corrected chi connectivity index (χ1v) is 10.8. The highest BCUT2D eigenvalue weighted by Crippen LogP contribution is 2.22. The Kier molecular flexibility index (Phi) is 7.32. The topological polar surface area (TPSA) is 66.5 Å². The predicted molar refractivity (Wildman–Crippen MR) is 102 cm³/mol. The molecule has 1 aromatic carbocycles. The van der Waals surface area contributed by atoms with Crippen LogP contribution in [0.25, 0.3) is 0 Å². The van der Waals surface area contributed by atoms with Gasteiger partial charge in [0.1, 0.15) is 0 Å². The highest BCUT2D eigenvalue weighted by molar-refractivity contribution is 7.92. The molecule has 1 aliphatic carbocycles. The molecule has 0 saturated heterocycles. The van der Waals surface area contributed by atoms with Gasteiger partial charge in [-0.3, -0.25) is 9.10 Å². The van der Waals surface area contributed by atoms with E-state index in [1.807, 2.05) is 0 Å². The summed E-state index contributed by atoms with van der Waals surface area (Å²) in [4.78, 5) is 12.0. The highest BCUT2D eigenvalue weighted by atomic mass is 35.5. The summed E-state index contributed by atoms with van der Waals surface area (Å²) < 4.78 is 25.3.